The number of nitrogens with one attached hydrogen (secondary N) is 1. The maximum absolute atomic E-state index is 13.9. The van der Waals surface area contributed by atoms with Gasteiger partial charge in [-0.05, 0) is 31.0 Å². The lowest BCUT2D eigenvalue weighted by Crippen LogP contribution is -2.36. The van der Waals surface area contributed by atoms with E-state index in [9.17, 15) is 14.5 Å². The van der Waals surface area contributed by atoms with Crippen molar-refractivity contribution in [1.29, 1.82) is 0 Å². The van der Waals surface area contributed by atoms with E-state index in [1.807, 2.05) is 12.1 Å². The zero-order valence-electron chi connectivity index (χ0n) is 12.8. The van der Waals surface area contributed by atoms with E-state index < -0.39 is 10.7 Å². The summed E-state index contributed by atoms with van der Waals surface area (Å²) >= 11 is 0. The molecule has 1 aliphatic heterocycles. The smallest absolute Gasteiger partial charge is 0.272 e. The summed E-state index contributed by atoms with van der Waals surface area (Å²) in [4.78, 5) is 12.3. The van der Waals surface area contributed by atoms with Crippen molar-refractivity contribution in [1.82, 2.24) is 0 Å². The quantitative estimate of drug-likeness (QED) is 0.676. The number of para-hydroxylation sites is 1. The number of halogens is 1. The molecule has 0 spiro atoms. The Labute approximate surface area is 133 Å². The van der Waals surface area contributed by atoms with E-state index in [1.165, 1.54) is 23.4 Å². The van der Waals surface area contributed by atoms with Crippen LogP contribution in [0.25, 0.3) is 0 Å². The molecule has 0 bridgehead atoms. The number of nitro groups is 1. The van der Waals surface area contributed by atoms with E-state index in [2.05, 4.69) is 29.3 Å². The lowest BCUT2D eigenvalue weighted by Gasteiger charge is -2.28. The van der Waals surface area contributed by atoms with Gasteiger partial charge in [0.05, 0.1) is 16.7 Å². The van der Waals surface area contributed by atoms with Crippen molar-refractivity contribution in [3.63, 3.8) is 0 Å². The van der Waals surface area contributed by atoms with E-state index in [0.717, 1.165) is 19.0 Å². The first-order valence-electron chi connectivity index (χ1n) is 7.58. The summed E-state index contributed by atoms with van der Waals surface area (Å²) in [6, 6.07) is 12.1. The van der Waals surface area contributed by atoms with Gasteiger partial charge < -0.3 is 10.2 Å². The molecule has 0 aromatic heterocycles. The molecule has 1 heterocycles. The third kappa shape index (κ3) is 3.11. The van der Waals surface area contributed by atoms with Crippen molar-refractivity contribution in [2.24, 2.45) is 0 Å². The lowest BCUT2D eigenvalue weighted by molar-refractivity contribution is -0.385. The van der Waals surface area contributed by atoms with Gasteiger partial charge in [-0.15, -0.1) is 0 Å². The van der Waals surface area contributed by atoms with Gasteiger partial charge in [0.1, 0.15) is 0 Å². The van der Waals surface area contributed by atoms with Crippen LogP contribution in [0.5, 0.6) is 0 Å². The van der Waals surface area contributed by atoms with Gasteiger partial charge in [-0.25, -0.2) is 4.39 Å². The zero-order valence-corrected chi connectivity index (χ0v) is 12.8. The number of hydrogen-bond donors (Lipinski definition) is 1. The number of rotatable bonds is 5. The highest BCUT2D eigenvalue weighted by Crippen LogP contribution is 2.29. The predicted octanol–water partition coefficient (Wildman–Crippen LogP) is 3.60. The summed E-state index contributed by atoms with van der Waals surface area (Å²) in [6.07, 6.45) is 1.02. The summed E-state index contributed by atoms with van der Waals surface area (Å²) in [5.74, 6) is -0.603. The Balaban J connectivity index is 1.66. The molecule has 120 valence electrons. The normalized spacial score (nSPS) is 14.4. The van der Waals surface area contributed by atoms with E-state index in [1.54, 1.807) is 0 Å². The molecule has 0 unspecified atom stereocenters. The van der Waals surface area contributed by atoms with Crippen LogP contribution in [0.2, 0.25) is 0 Å². The highest BCUT2D eigenvalue weighted by Gasteiger charge is 2.23. The molecule has 1 N–H and O–H groups in total. The standard InChI is InChI=1S/C17H18FN3O2/c1-12(20-9-8-13-4-2-3-5-17(13)20)11-19-16-7-6-14(21(22)23)10-15(16)18/h2-7,10,12,19H,8-9,11H2,1H3/t12-/m0/s1. The second kappa shape index (κ2) is 6.24. The Bertz CT molecular complexity index is 736. The molecule has 23 heavy (non-hydrogen) atoms. The van der Waals surface area contributed by atoms with Crippen LogP contribution in [0.3, 0.4) is 0 Å². The number of non-ortho nitro benzene ring substituents is 1. The average Bonchev–Trinajstić information content (AvgIpc) is 2.97. The van der Waals surface area contributed by atoms with E-state index >= 15 is 0 Å². The molecule has 2 aromatic carbocycles. The van der Waals surface area contributed by atoms with Crippen molar-refractivity contribution in [3.8, 4) is 0 Å². The van der Waals surface area contributed by atoms with Crippen LogP contribution >= 0.6 is 0 Å². The van der Waals surface area contributed by atoms with E-state index in [4.69, 9.17) is 0 Å². The highest BCUT2D eigenvalue weighted by molar-refractivity contribution is 5.59. The summed E-state index contributed by atoms with van der Waals surface area (Å²) in [5.41, 5.74) is 2.61. The number of fused-ring (bicyclic) bond motifs is 1. The molecular weight excluding hydrogens is 297 g/mol. The van der Waals surface area contributed by atoms with Crippen LogP contribution in [-0.2, 0) is 6.42 Å². The number of hydrogen-bond acceptors (Lipinski definition) is 4. The van der Waals surface area contributed by atoms with Crippen LogP contribution < -0.4 is 10.2 Å². The van der Waals surface area contributed by atoms with Gasteiger partial charge in [-0.3, -0.25) is 10.1 Å². The lowest BCUT2D eigenvalue weighted by atomic mass is 10.1. The minimum atomic E-state index is -0.603. The minimum Gasteiger partial charge on any atom is -0.381 e. The van der Waals surface area contributed by atoms with Crippen LogP contribution in [0, 0.1) is 15.9 Å². The Morgan fingerprint density at radius 3 is 2.87 bits per heavy atom. The molecule has 0 fully saturated rings. The topological polar surface area (TPSA) is 58.4 Å². The number of nitrogens with zero attached hydrogens (tertiary/aromatic N) is 2. The van der Waals surface area contributed by atoms with Crippen LogP contribution in [0.15, 0.2) is 42.5 Å². The van der Waals surface area contributed by atoms with Crippen molar-refractivity contribution >= 4 is 17.1 Å². The third-order valence-corrected chi connectivity index (χ3v) is 4.21. The number of nitro benzene ring substituents is 1. The Morgan fingerprint density at radius 2 is 2.13 bits per heavy atom. The molecule has 3 rings (SSSR count). The average molecular weight is 315 g/mol. The van der Waals surface area contributed by atoms with Crippen molar-refractivity contribution < 1.29 is 9.31 Å². The molecule has 0 saturated heterocycles. The molecule has 0 saturated carbocycles. The highest BCUT2D eigenvalue weighted by atomic mass is 19.1. The summed E-state index contributed by atoms with van der Waals surface area (Å²) in [6.45, 7) is 3.59. The molecule has 1 aliphatic rings. The van der Waals surface area contributed by atoms with Crippen LogP contribution in [0.1, 0.15) is 12.5 Å². The van der Waals surface area contributed by atoms with Crippen molar-refractivity contribution in [3.05, 3.63) is 64.0 Å². The molecule has 5 nitrogen and oxygen atoms in total. The second-order valence-corrected chi connectivity index (χ2v) is 5.72. The van der Waals surface area contributed by atoms with Crippen LogP contribution in [-0.4, -0.2) is 24.1 Å². The second-order valence-electron chi connectivity index (χ2n) is 5.72. The van der Waals surface area contributed by atoms with Gasteiger partial charge in [-0.1, -0.05) is 18.2 Å². The Kier molecular flexibility index (Phi) is 4.14. The first kappa shape index (κ1) is 15.3. The fourth-order valence-corrected chi connectivity index (χ4v) is 2.95. The van der Waals surface area contributed by atoms with Crippen molar-refractivity contribution in [2.45, 2.75) is 19.4 Å². The van der Waals surface area contributed by atoms with Gasteiger partial charge >= 0.3 is 0 Å². The fourth-order valence-electron chi connectivity index (χ4n) is 2.95. The SMILES string of the molecule is C[C@@H](CNc1ccc([N+](=O)[O-])cc1F)N1CCc2ccccc21. The number of anilines is 2. The van der Waals surface area contributed by atoms with E-state index in [-0.39, 0.29) is 17.4 Å². The summed E-state index contributed by atoms with van der Waals surface area (Å²) in [7, 11) is 0. The molecule has 6 heteroatoms. The monoisotopic (exact) mass is 315 g/mol. The molecule has 1 atom stereocenters. The molecular formula is C17H18FN3O2. The summed E-state index contributed by atoms with van der Waals surface area (Å²) < 4.78 is 13.9. The van der Waals surface area contributed by atoms with Crippen molar-refractivity contribution in [2.75, 3.05) is 23.3 Å². The first-order chi connectivity index (χ1) is 11.1. The minimum absolute atomic E-state index is 0.188. The Hall–Kier alpha value is -2.63. The van der Waals surface area contributed by atoms with E-state index in [0.29, 0.717) is 6.54 Å². The Morgan fingerprint density at radius 1 is 1.35 bits per heavy atom. The first-order valence-corrected chi connectivity index (χ1v) is 7.58. The van der Waals surface area contributed by atoms with Gasteiger partial charge in [0.25, 0.3) is 5.69 Å². The molecule has 0 amide bonds. The van der Waals surface area contributed by atoms with Gasteiger partial charge in [-0.2, -0.15) is 0 Å². The zero-order chi connectivity index (χ0) is 16.4. The summed E-state index contributed by atoms with van der Waals surface area (Å²) in [5, 5.41) is 13.7. The number of benzene rings is 2. The van der Waals surface area contributed by atoms with Gasteiger partial charge in [0, 0.05) is 30.9 Å². The largest absolute Gasteiger partial charge is 0.381 e. The molecule has 0 radical (unpaired) electrons. The van der Waals surface area contributed by atoms with Gasteiger partial charge in [0.2, 0.25) is 0 Å². The third-order valence-electron chi connectivity index (χ3n) is 4.21. The van der Waals surface area contributed by atoms with Gasteiger partial charge in [0.15, 0.2) is 5.82 Å². The van der Waals surface area contributed by atoms with Crippen LogP contribution in [0.4, 0.5) is 21.5 Å². The maximum atomic E-state index is 13.9. The predicted molar refractivity (Wildman–Crippen MR) is 88.5 cm³/mol. The molecule has 0 aliphatic carbocycles. The fraction of sp³-hybridized carbons (Fsp3) is 0.294. The molecule has 2 aromatic rings. The maximum Gasteiger partial charge on any atom is 0.272 e.